The van der Waals surface area contributed by atoms with Crippen LogP contribution in [-0.2, 0) is 4.74 Å². The number of nitrogens with one attached hydrogen (secondary N) is 2. The fourth-order valence-electron chi connectivity index (χ4n) is 3.16. The number of anilines is 2. The van der Waals surface area contributed by atoms with E-state index < -0.39 is 0 Å². The smallest absolute Gasteiger partial charge is 0.276 e. The quantitative estimate of drug-likeness (QED) is 0.574. The third-order valence-corrected chi connectivity index (χ3v) is 4.56. The molecule has 0 unspecified atom stereocenters. The predicted molar refractivity (Wildman–Crippen MR) is 97.9 cm³/mol. The summed E-state index contributed by atoms with van der Waals surface area (Å²) in [5.74, 6) is 0.481. The van der Waals surface area contributed by atoms with Gasteiger partial charge < -0.3 is 19.5 Å². The number of rotatable bonds is 3. The summed E-state index contributed by atoms with van der Waals surface area (Å²) in [5, 5.41) is 15.1. The lowest BCUT2D eigenvalue weighted by Gasteiger charge is -2.25. The number of H-pyrrole nitrogens is 1. The zero-order valence-electron chi connectivity index (χ0n) is 14.3. The van der Waals surface area contributed by atoms with Crippen LogP contribution in [0.5, 0.6) is 0 Å². The zero-order valence-corrected chi connectivity index (χ0v) is 14.3. The summed E-state index contributed by atoms with van der Waals surface area (Å²) in [6.45, 7) is 2.21. The Labute approximate surface area is 153 Å². The maximum absolute atomic E-state index is 12.7. The van der Waals surface area contributed by atoms with Crippen LogP contribution >= 0.6 is 0 Å². The molecule has 1 fully saturated rings. The Morgan fingerprint density at radius 3 is 3.00 bits per heavy atom. The van der Waals surface area contributed by atoms with Crippen molar-refractivity contribution in [1.29, 1.82) is 0 Å². The third kappa shape index (κ3) is 2.77. The van der Waals surface area contributed by atoms with Crippen molar-refractivity contribution >= 4 is 39.4 Å². The van der Waals surface area contributed by atoms with Gasteiger partial charge in [-0.3, -0.25) is 14.9 Å². The Hall–Kier alpha value is -3.46. The molecule has 1 aliphatic heterocycles. The second kappa shape index (κ2) is 6.36. The molecule has 0 atom stereocenters. The van der Waals surface area contributed by atoms with Gasteiger partial charge in [0.1, 0.15) is 5.52 Å². The van der Waals surface area contributed by atoms with Gasteiger partial charge >= 0.3 is 0 Å². The lowest BCUT2D eigenvalue weighted by molar-refractivity contribution is 0.0297. The molecular weight excluding hydrogens is 348 g/mol. The molecule has 1 aliphatic rings. The van der Waals surface area contributed by atoms with Gasteiger partial charge in [0.05, 0.1) is 24.1 Å². The number of aromatic amines is 1. The molecule has 4 heterocycles. The number of aromatic nitrogens is 4. The van der Waals surface area contributed by atoms with Crippen molar-refractivity contribution < 1.29 is 14.1 Å². The summed E-state index contributed by atoms with van der Waals surface area (Å²) in [4.78, 5) is 18.7. The molecule has 1 aromatic carbocycles. The van der Waals surface area contributed by atoms with Crippen molar-refractivity contribution in [3.63, 3.8) is 0 Å². The molecule has 0 radical (unpaired) electrons. The normalized spacial score (nSPS) is 14.7. The van der Waals surface area contributed by atoms with E-state index in [9.17, 15) is 4.79 Å². The monoisotopic (exact) mass is 364 g/mol. The van der Waals surface area contributed by atoms with Crippen LogP contribution in [0, 0.1) is 0 Å². The fourth-order valence-corrected chi connectivity index (χ4v) is 3.16. The number of morpholine rings is 1. The first-order chi connectivity index (χ1) is 13.3. The van der Waals surface area contributed by atoms with Gasteiger partial charge in [0.2, 0.25) is 0 Å². The van der Waals surface area contributed by atoms with Crippen molar-refractivity contribution in [2.45, 2.75) is 0 Å². The molecular formula is C18H16N6O3. The second-order valence-corrected chi connectivity index (χ2v) is 6.24. The topological polar surface area (TPSA) is 109 Å². The maximum Gasteiger partial charge on any atom is 0.276 e. The number of amides is 1. The van der Waals surface area contributed by atoms with Crippen molar-refractivity contribution in [1.82, 2.24) is 25.2 Å². The second-order valence-electron chi connectivity index (χ2n) is 6.24. The average molecular weight is 364 g/mol. The summed E-state index contributed by atoms with van der Waals surface area (Å²) >= 11 is 0. The van der Waals surface area contributed by atoms with Gasteiger partial charge in [0, 0.05) is 31.0 Å². The minimum absolute atomic E-state index is 0.139. The van der Waals surface area contributed by atoms with E-state index in [0.717, 1.165) is 16.7 Å². The van der Waals surface area contributed by atoms with Crippen LogP contribution in [0.25, 0.3) is 22.0 Å². The van der Waals surface area contributed by atoms with Gasteiger partial charge in [0.15, 0.2) is 17.1 Å². The largest absolute Gasteiger partial charge is 0.378 e. The number of hydrogen-bond acceptors (Lipinski definition) is 7. The molecule has 0 saturated carbocycles. The van der Waals surface area contributed by atoms with E-state index >= 15 is 0 Å². The Kier molecular flexibility index (Phi) is 3.72. The number of hydrogen-bond donors (Lipinski definition) is 2. The Balaban J connectivity index is 1.44. The summed E-state index contributed by atoms with van der Waals surface area (Å²) in [6, 6.07) is 9.23. The molecule has 9 nitrogen and oxygen atoms in total. The molecule has 0 bridgehead atoms. The lowest BCUT2D eigenvalue weighted by Crippen LogP contribution is -2.40. The summed E-state index contributed by atoms with van der Waals surface area (Å²) < 4.78 is 10.7. The molecule has 5 rings (SSSR count). The number of carbonyl (C=O) groups is 1. The highest BCUT2D eigenvalue weighted by Crippen LogP contribution is 2.27. The first-order valence-corrected chi connectivity index (χ1v) is 8.62. The van der Waals surface area contributed by atoms with E-state index in [2.05, 4.69) is 25.7 Å². The summed E-state index contributed by atoms with van der Waals surface area (Å²) in [7, 11) is 0. The van der Waals surface area contributed by atoms with Crippen LogP contribution in [0.1, 0.15) is 10.5 Å². The SMILES string of the molecule is O=C(c1noc2cc(Nc3n[nH]c4cccnc34)ccc12)N1CCOCC1. The fraction of sp³-hybridized carbons (Fsp3) is 0.222. The molecule has 1 amide bonds. The van der Waals surface area contributed by atoms with Crippen LogP contribution in [0.2, 0.25) is 0 Å². The molecule has 136 valence electrons. The maximum atomic E-state index is 12.7. The predicted octanol–water partition coefficient (Wildman–Crippen LogP) is 2.32. The molecule has 27 heavy (non-hydrogen) atoms. The number of pyridine rings is 1. The molecule has 1 saturated heterocycles. The Morgan fingerprint density at radius 1 is 1.22 bits per heavy atom. The van der Waals surface area contributed by atoms with Crippen LogP contribution in [0.4, 0.5) is 11.5 Å². The van der Waals surface area contributed by atoms with Crippen molar-refractivity contribution in [3.8, 4) is 0 Å². The first-order valence-electron chi connectivity index (χ1n) is 8.62. The molecule has 4 aromatic rings. The lowest BCUT2D eigenvalue weighted by atomic mass is 10.1. The number of fused-ring (bicyclic) bond motifs is 2. The molecule has 0 spiro atoms. The van der Waals surface area contributed by atoms with Crippen molar-refractivity contribution in [2.75, 3.05) is 31.6 Å². The van der Waals surface area contributed by atoms with E-state index in [4.69, 9.17) is 9.26 Å². The van der Waals surface area contributed by atoms with Crippen LogP contribution in [-0.4, -0.2) is 57.4 Å². The van der Waals surface area contributed by atoms with Crippen molar-refractivity contribution in [2.24, 2.45) is 0 Å². The van der Waals surface area contributed by atoms with Gasteiger partial charge in [-0.15, -0.1) is 0 Å². The number of benzene rings is 1. The van der Waals surface area contributed by atoms with Gasteiger partial charge in [-0.2, -0.15) is 5.10 Å². The molecule has 2 N–H and O–H groups in total. The van der Waals surface area contributed by atoms with E-state index in [0.29, 0.717) is 48.8 Å². The highest BCUT2D eigenvalue weighted by atomic mass is 16.5. The third-order valence-electron chi connectivity index (χ3n) is 4.56. The van der Waals surface area contributed by atoms with Gasteiger partial charge in [-0.1, -0.05) is 5.16 Å². The van der Waals surface area contributed by atoms with Crippen LogP contribution in [0.15, 0.2) is 41.1 Å². The summed E-state index contributed by atoms with van der Waals surface area (Å²) in [5.41, 5.74) is 3.22. The first kappa shape index (κ1) is 15.8. The number of ether oxygens (including phenoxy) is 1. The molecule has 3 aromatic heterocycles. The zero-order chi connectivity index (χ0) is 18.2. The van der Waals surface area contributed by atoms with Gasteiger partial charge in [0.25, 0.3) is 5.91 Å². The highest BCUT2D eigenvalue weighted by molar-refractivity contribution is 6.04. The van der Waals surface area contributed by atoms with Crippen molar-refractivity contribution in [3.05, 3.63) is 42.2 Å². The van der Waals surface area contributed by atoms with Gasteiger partial charge in [-0.05, 0) is 24.3 Å². The number of carbonyl (C=O) groups excluding carboxylic acids is 1. The van der Waals surface area contributed by atoms with E-state index in [-0.39, 0.29) is 5.91 Å². The van der Waals surface area contributed by atoms with E-state index in [1.165, 1.54) is 0 Å². The minimum Gasteiger partial charge on any atom is -0.378 e. The number of nitrogens with zero attached hydrogens (tertiary/aromatic N) is 4. The molecule has 0 aliphatic carbocycles. The Bertz CT molecular complexity index is 1130. The summed E-state index contributed by atoms with van der Waals surface area (Å²) in [6.07, 6.45) is 1.71. The molecule has 9 heteroatoms. The van der Waals surface area contributed by atoms with E-state index in [1.807, 2.05) is 24.3 Å². The van der Waals surface area contributed by atoms with Gasteiger partial charge in [-0.25, -0.2) is 0 Å². The Morgan fingerprint density at radius 2 is 2.11 bits per heavy atom. The minimum atomic E-state index is -0.139. The standard InChI is InChI=1S/C18H16N6O3/c25-18(24-6-8-26-9-7-24)15-12-4-3-11(10-14(12)27-23-15)20-17-16-13(21-22-17)2-1-5-19-16/h1-5,10H,6-9H2,(H2,20,21,22). The van der Waals surface area contributed by atoms with Crippen LogP contribution < -0.4 is 5.32 Å². The van der Waals surface area contributed by atoms with Crippen LogP contribution in [0.3, 0.4) is 0 Å². The van der Waals surface area contributed by atoms with E-state index in [1.54, 1.807) is 17.2 Å². The average Bonchev–Trinajstić information content (AvgIpc) is 3.32. The highest BCUT2D eigenvalue weighted by Gasteiger charge is 2.24.